The second-order valence-corrected chi connectivity index (χ2v) is 6.16. The number of thiophene rings is 1. The first-order valence-corrected chi connectivity index (χ1v) is 8.04. The maximum Gasteiger partial charge on any atom is 0.355 e. The van der Waals surface area contributed by atoms with E-state index in [1.54, 1.807) is 32.2 Å². The number of carbonyl (C=O) groups excluding carboxylic acids is 2. The number of nitrogens with one attached hydrogen (secondary N) is 2. The van der Waals surface area contributed by atoms with Gasteiger partial charge in [-0.2, -0.15) is 5.26 Å². The minimum atomic E-state index is -0.714. The number of nitriles is 1. The zero-order chi connectivity index (χ0) is 17.9. The minimum absolute atomic E-state index is 0.213. The van der Waals surface area contributed by atoms with Gasteiger partial charge in [-0.05, 0) is 37.8 Å². The van der Waals surface area contributed by atoms with Gasteiger partial charge in [-0.25, -0.2) is 4.79 Å². The topological polar surface area (TPSA) is 115 Å². The molecule has 7 nitrogen and oxygen atoms in total. The molecule has 0 bridgehead atoms. The molecule has 1 atom stereocenters. The van der Waals surface area contributed by atoms with Gasteiger partial charge in [0.15, 0.2) is 6.61 Å². The lowest BCUT2D eigenvalue weighted by Crippen LogP contribution is -2.21. The van der Waals surface area contributed by atoms with Crippen LogP contribution in [0.2, 0.25) is 0 Å². The molecule has 0 aliphatic heterocycles. The molecule has 0 aliphatic carbocycles. The molecule has 2 aromatic rings. The predicted octanol–water partition coefficient (Wildman–Crippen LogP) is 2.41. The van der Waals surface area contributed by atoms with Gasteiger partial charge in [0.1, 0.15) is 16.8 Å². The van der Waals surface area contributed by atoms with Gasteiger partial charge in [0.25, 0.3) is 5.91 Å². The first kappa shape index (κ1) is 17.7. The van der Waals surface area contributed by atoms with Gasteiger partial charge < -0.3 is 20.1 Å². The van der Waals surface area contributed by atoms with Crippen LogP contribution in [0.4, 0.5) is 5.00 Å². The van der Waals surface area contributed by atoms with E-state index < -0.39 is 24.6 Å². The van der Waals surface area contributed by atoms with Crippen LogP contribution in [0, 0.1) is 25.2 Å². The Kier molecular flexibility index (Phi) is 5.39. The molecule has 0 spiro atoms. The first-order valence-electron chi connectivity index (χ1n) is 7.16. The molecule has 2 heterocycles. The van der Waals surface area contributed by atoms with Crippen LogP contribution in [-0.4, -0.2) is 28.6 Å². The Morgan fingerprint density at radius 3 is 2.79 bits per heavy atom. The van der Waals surface area contributed by atoms with Gasteiger partial charge >= 0.3 is 5.97 Å². The number of anilines is 1. The summed E-state index contributed by atoms with van der Waals surface area (Å²) in [4.78, 5) is 26.8. The third-order valence-electron chi connectivity index (χ3n) is 3.49. The number of aliphatic hydroxyl groups is 1. The predicted molar refractivity (Wildman–Crippen MR) is 88.8 cm³/mol. The lowest BCUT2D eigenvalue weighted by atomic mass is 10.1. The molecule has 0 fully saturated rings. The van der Waals surface area contributed by atoms with Gasteiger partial charge in [0.2, 0.25) is 0 Å². The molecular formula is C16H17N3O4S. The number of esters is 1. The fourth-order valence-corrected chi connectivity index (χ4v) is 3.21. The van der Waals surface area contributed by atoms with Crippen molar-refractivity contribution in [3.05, 3.63) is 39.5 Å². The third-order valence-corrected chi connectivity index (χ3v) is 4.32. The molecule has 0 saturated heterocycles. The summed E-state index contributed by atoms with van der Waals surface area (Å²) in [7, 11) is 0. The van der Waals surface area contributed by atoms with E-state index in [4.69, 9.17) is 10.00 Å². The van der Waals surface area contributed by atoms with Crippen molar-refractivity contribution in [2.75, 3.05) is 11.9 Å². The van der Waals surface area contributed by atoms with Crippen molar-refractivity contribution in [2.45, 2.75) is 26.9 Å². The Bertz CT molecular complexity index is 814. The van der Waals surface area contributed by atoms with Crippen LogP contribution in [0.5, 0.6) is 0 Å². The van der Waals surface area contributed by atoms with E-state index in [0.717, 1.165) is 0 Å². The number of aliphatic hydroxyl groups excluding tert-OH is 1. The summed E-state index contributed by atoms with van der Waals surface area (Å²) in [5.74, 6) is -1.21. The van der Waals surface area contributed by atoms with Crippen LogP contribution < -0.4 is 5.32 Å². The van der Waals surface area contributed by atoms with Gasteiger partial charge in [0, 0.05) is 11.3 Å². The molecule has 0 radical (unpaired) electrons. The molecule has 0 saturated carbocycles. The molecule has 8 heteroatoms. The monoisotopic (exact) mass is 347 g/mol. The van der Waals surface area contributed by atoms with Crippen molar-refractivity contribution in [3.63, 3.8) is 0 Å². The Balaban J connectivity index is 2.00. The Labute approximate surface area is 142 Å². The van der Waals surface area contributed by atoms with Crippen LogP contribution in [-0.2, 0) is 9.53 Å². The number of rotatable bonds is 5. The summed E-state index contributed by atoms with van der Waals surface area (Å²) in [6, 6.07) is 3.55. The smallest absolute Gasteiger partial charge is 0.355 e. The lowest BCUT2D eigenvalue weighted by Gasteiger charge is -2.06. The van der Waals surface area contributed by atoms with E-state index in [-0.39, 0.29) is 5.69 Å². The Hall–Kier alpha value is -2.63. The van der Waals surface area contributed by atoms with Gasteiger partial charge in [0.05, 0.1) is 11.7 Å². The van der Waals surface area contributed by atoms with E-state index in [1.165, 1.54) is 11.3 Å². The molecule has 2 rings (SSSR count). The SMILES string of the molecule is Cc1[nH]c(C(=O)OCC(=O)Nc2sccc2C#N)c(C)c1C(C)O. The molecule has 0 aromatic carbocycles. The van der Waals surface area contributed by atoms with Crippen LogP contribution >= 0.6 is 11.3 Å². The van der Waals surface area contributed by atoms with Crippen molar-refractivity contribution in [1.29, 1.82) is 5.26 Å². The van der Waals surface area contributed by atoms with Crippen molar-refractivity contribution in [3.8, 4) is 6.07 Å². The molecule has 1 unspecified atom stereocenters. The highest BCUT2D eigenvalue weighted by Gasteiger charge is 2.21. The average Bonchev–Trinajstić information content (AvgIpc) is 3.08. The van der Waals surface area contributed by atoms with Crippen LogP contribution in [0.1, 0.15) is 45.9 Å². The van der Waals surface area contributed by atoms with Crippen LogP contribution in [0.15, 0.2) is 11.4 Å². The molecule has 3 N–H and O–H groups in total. The number of nitrogens with zero attached hydrogens (tertiary/aromatic N) is 1. The number of aromatic amines is 1. The number of carbonyl (C=O) groups is 2. The number of H-pyrrole nitrogens is 1. The Morgan fingerprint density at radius 1 is 1.50 bits per heavy atom. The van der Waals surface area contributed by atoms with Crippen LogP contribution in [0.3, 0.4) is 0 Å². The van der Waals surface area contributed by atoms with E-state index in [0.29, 0.717) is 27.4 Å². The minimum Gasteiger partial charge on any atom is -0.451 e. The second-order valence-electron chi connectivity index (χ2n) is 5.24. The number of amides is 1. The number of aromatic nitrogens is 1. The zero-order valence-electron chi connectivity index (χ0n) is 13.5. The summed E-state index contributed by atoms with van der Waals surface area (Å²) in [5.41, 5.74) is 2.49. The maximum atomic E-state index is 12.1. The fourth-order valence-electron chi connectivity index (χ4n) is 2.46. The number of hydrogen-bond acceptors (Lipinski definition) is 6. The number of ether oxygens (including phenoxy) is 1. The summed E-state index contributed by atoms with van der Waals surface area (Å²) in [6.07, 6.45) is -0.714. The van der Waals surface area contributed by atoms with Crippen molar-refractivity contribution < 1.29 is 19.4 Å². The second kappa shape index (κ2) is 7.29. The van der Waals surface area contributed by atoms with Crippen molar-refractivity contribution >= 4 is 28.2 Å². The van der Waals surface area contributed by atoms with E-state index in [2.05, 4.69) is 10.3 Å². The van der Waals surface area contributed by atoms with Gasteiger partial charge in [-0.3, -0.25) is 4.79 Å². The number of hydrogen-bond donors (Lipinski definition) is 3. The fraction of sp³-hybridized carbons (Fsp3) is 0.312. The zero-order valence-corrected chi connectivity index (χ0v) is 14.3. The van der Waals surface area contributed by atoms with Crippen molar-refractivity contribution in [2.24, 2.45) is 0 Å². The summed E-state index contributed by atoms with van der Waals surface area (Å²) < 4.78 is 5.00. The molecule has 1 amide bonds. The lowest BCUT2D eigenvalue weighted by molar-refractivity contribution is -0.119. The summed E-state index contributed by atoms with van der Waals surface area (Å²) in [6.45, 7) is 4.59. The number of aryl methyl sites for hydroxylation is 1. The highest BCUT2D eigenvalue weighted by Crippen LogP contribution is 2.25. The van der Waals surface area contributed by atoms with Crippen LogP contribution in [0.25, 0.3) is 0 Å². The van der Waals surface area contributed by atoms with E-state index >= 15 is 0 Å². The van der Waals surface area contributed by atoms with Gasteiger partial charge in [-0.1, -0.05) is 0 Å². The molecule has 126 valence electrons. The van der Waals surface area contributed by atoms with Crippen molar-refractivity contribution in [1.82, 2.24) is 4.98 Å². The molecule has 0 aliphatic rings. The first-order chi connectivity index (χ1) is 11.3. The van der Waals surface area contributed by atoms with E-state index in [9.17, 15) is 14.7 Å². The maximum absolute atomic E-state index is 12.1. The Morgan fingerprint density at radius 2 is 2.21 bits per heavy atom. The molecule has 24 heavy (non-hydrogen) atoms. The average molecular weight is 347 g/mol. The van der Waals surface area contributed by atoms with Gasteiger partial charge in [-0.15, -0.1) is 11.3 Å². The highest BCUT2D eigenvalue weighted by atomic mass is 32.1. The third kappa shape index (κ3) is 3.64. The quantitative estimate of drug-likeness (QED) is 0.718. The summed E-state index contributed by atoms with van der Waals surface area (Å²) >= 11 is 1.22. The summed E-state index contributed by atoms with van der Waals surface area (Å²) in [5, 5.41) is 23.2. The standard InChI is InChI=1S/C16H17N3O4S/c1-8-13(10(3)20)9(2)18-14(8)16(22)23-7-12(21)19-15-11(6-17)4-5-24-15/h4-5,10,18,20H,7H2,1-3H3,(H,19,21). The normalized spacial score (nSPS) is 11.6. The molecular weight excluding hydrogens is 330 g/mol. The van der Waals surface area contributed by atoms with E-state index in [1.807, 2.05) is 6.07 Å². The highest BCUT2D eigenvalue weighted by molar-refractivity contribution is 7.14. The molecule has 2 aromatic heterocycles. The largest absolute Gasteiger partial charge is 0.451 e.